The van der Waals surface area contributed by atoms with Crippen LogP contribution in [0.15, 0.2) is 10.7 Å². The molecular formula is C13H20BrN3O. The standard InChI is InChI=1S/C13H20BrN3O/c1-9-11(15)8-17-13(12(9)14)16-6-7-18-10-4-2-3-5-10/h8,10H,2-7,15H2,1H3,(H,16,17). The van der Waals surface area contributed by atoms with Crippen LogP contribution in [0.2, 0.25) is 0 Å². The Hall–Kier alpha value is -0.810. The van der Waals surface area contributed by atoms with Gasteiger partial charge in [0.1, 0.15) is 5.82 Å². The summed E-state index contributed by atoms with van der Waals surface area (Å²) in [6.45, 7) is 3.47. The van der Waals surface area contributed by atoms with E-state index in [0.29, 0.717) is 11.8 Å². The molecule has 18 heavy (non-hydrogen) atoms. The summed E-state index contributed by atoms with van der Waals surface area (Å²) in [5.74, 6) is 0.830. The van der Waals surface area contributed by atoms with Crippen molar-refractivity contribution in [2.45, 2.75) is 38.7 Å². The molecule has 4 nitrogen and oxygen atoms in total. The molecule has 0 aliphatic heterocycles. The van der Waals surface area contributed by atoms with Crippen molar-refractivity contribution < 1.29 is 4.74 Å². The molecule has 1 fully saturated rings. The van der Waals surface area contributed by atoms with E-state index in [1.54, 1.807) is 6.20 Å². The topological polar surface area (TPSA) is 60.2 Å². The van der Waals surface area contributed by atoms with Crippen LogP contribution >= 0.6 is 15.9 Å². The van der Waals surface area contributed by atoms with Crippen LogP contribution in [-0.4, -0.2) is 24.2 Å². The summed E-state index contributed by atoms with van der Waals surface area (Å²) < 4.78 is 6.72. The molecule has 0 radical (unpaired) electrons. The zero-order valence-corrected chi connectivity index (χ0v) is 12.3. The minimum absolute atomic E-state index is 0.469. The molecule has 5 heteroatoms. The molecule has 0 aromatic carbocycles. The van der Waals surface area contributed by atoms with Gasteiger partial charge in [-0.1, -0.05) is 12.8 Å². The lowest BCUT2D eigenvalue weighted by Gasteiger charge is -2.13. The number of rotatable bonds is 5. The third kappa shape index (κ3) is 3.36. The molecule has 1 aromatic rings. The molecule has 0 spiro atoms. The van der Waals surface area contributed by atoms with Gasteiger partial charge in [0.15, 0.2) is 0 Å². The summed E-state index contributed by atoms with van der Waals surface area (Å²) in [5, 5.41) is 3.27. The maximum atomic E-state index is 5.79. The first kappa shape index (κ1) is 13.6. The average Bonchev–Trinajstić information content (AvgIpc) is 2.87. The number of pyridine rings is 1. The fourth-order valence-corrected chi connectivity index (χ4v) is 2.64. The first-order chi connectivity index (χ1) is 8.68. The van der Waals surface area contributed by atoms with Crippen LogP contribution < -0.4 is 11.1 Å². The number of hydrogen-bond acceptors (Lipinski definition) is 4. The van der Waals surface area contributed by atoms with Gasteiger partial charge >= 0.3 is 0 Å². The number of hydrogen-bond donors (Lipinski definition) is 2. The van der Waals surface area contributed by atoms with E-state index < -0.39 is 0 Å². The molecule has 0 unspecified atom stereocenters. The zero-order valence-electron chi connectivity index (χ0n) is 10.7. The number of anilines is 2. The minimum atomic E-state index is 0.469. The second-order valence-corrected chi connectivity index (χ2v) is 5.50. The van der Waals surface area contributed by atoms with Gasteiger partial charge in [0.25, 0.3) is 0 Å². The number of nitrogens with one attached hydrogen (secondary N) is 1. The maximum absolute atomic E-state index is 5.79. The van der Waals surface area contributed by atoms with Crippen molar-refractivity contribution in [3.63, 3.8) is 0 Å². The number of nitrogens with zero attached hydrogens (tertiary/aromatic N) is 1. The molecule has 0 amide bonds. The normalized spacial score (nSPS) is 16.1. The van der Waals surface area contributed by atoms with Gasteiger partial charge in [0.05, 0.1) is 29.1 Å². The SMILES string of the molecule is Cc1c(N)cnc(NCCOC2CCCC2)c1Br. The van der Waals surface area contributed by atoms with Crippen LogP contribution in [0.1, 0.15) is 31.2 Å². The van der Waals surface area contributed by atoms with E-state index in [1.165, 1.54) is 25.7 Å². The van der Waals surface area contributed by atoms with Crippen molar-refractivity contribution in [1.29, 1.82) is 0 Å². The van der Waals surface area contributed by atoms with Crippen LogP contribution in [0.4, 0.5) is 11.5 Å². The lowest BCUT2D eigenvalue weighted by atomic mass is 10.2. The fourth-order valence-electron chi connectivity index (χ4n) is 2.17. The number of nitrogens with two attached hydrogens (primary N) is 1. The summed E-state index contributed by atoms with van der Waals surface area (Å²) >= 11 is 3.50. The fraction of sp³-hybridized carbons (Fsp3) is 0.615. The van der Waals surface area contributed by atoms with Crippen molar-refractivity contribution in [1.82, 2.24) is 4.98 Å². The Morgan fingerprint density at radius 1 is 1.50 bits per heavy atom. The van der Waals surface area contributed by atoms with Crippen LogP contribution in [0.5, 0.6) is 0 Å². The Morgan fingerprint density at radius 3 is 2.94 bits per heavy atom. The average molecular weight is 314 g/mol. The molecule has 1 aliphatic rings. The van der Waals surface area contributed by atoms with Crippen LogP contribution in [0.3, 0.4) is 0 Å². The predicted molar refractivity (Wildman–Crippen MR) is 77.8 cm³/mol. The van der Waals surface area contributed by atoms with Gasteiger partial charge in [-0.15, -0.1) is 0 Å². The molecular weight excluding hydrogens is 294 g/mol. The second-order valence-electron chi connectivity index (χ2n) is 4.71. The molecule has 3 N–H and O–H groups in total. The van der Waals surface area contributed by atoms with Gasteiger partial charge < -0.3 is 15.8 Å². The summed E-state index contributed by atoms with van der Waals surface area (Å²) in [7, 11) is 0. The highest BCUT2D eigenvalue weighted by Crippen LogP contribution is 2.27. The van der Waals surface area contributed by atoms with E-state index in [4.69, 9.17) is 10.5 Å². The van der Waals surface area contributed by atoms with E-state index >= 15 is 0 Å². The summed E-state index contributed by atoms with van der Waals surface area (Å²) in [6, 6.07) is 0. The van der Waals surface area contributed by atoms with Crippen molar-refractivity contribution in [2.24, 2.45) is 0 Å². The first-order valence-corrected chi connectivity index (χ1v) is 7.24. The van der Waals surface area contributed by atoms with E-state index in [2.05, 4.69) is 26.2 Å². The highest BCUT2D eigenvalue weighted by atomic mass is 79.9. The van der Waals surface area contributed by atoms with Gasteiger partial charge in [-0.2, -0.15) is 0 Å². The first-order valence-electron chi connectivity index (χ1n) is 6.44. The van der Waals surface area contributed by atoms with Crippen LogP contribution in [-0.2, 0) is 4.74 Å². The Labute approximate surface area is 116 Å². The van der Waals surface area contributed by atoms with Crippen molar-refractivity contribution in [3.8, 4) is 0 Å². The minimum Gasteiger partial charge on any atom is -0.397 e. The number of aromatic nitrogens is 1. The molecule has 1 aromatic heterocycles. The van der Waals surface area contributed by atoms with E-state index in [9.17, 15) is 0 Å². The van der Waals surface area contributed by atoms with Gasteiger partial charge in [0.2, 0.25) is 0 Å². The molecule has 1 aliphatic carbocycles. The van der Waals surface area contributed by atoms with Crippen molar-refractivity contribution in [2.75, 3.05) is 24.2 Å². The Bertz CT molecular complexity index is 405. The second kappa shape index (κ2) is 6.38. The highest BCUT2D eigenvalue weighted by Gasteiger charge is 2.14. The summed E-state index contributed by atoms with van der Waals surface area (Å²) in [5.41, 5.74) is 7.50. The summed E-state index contributed by atoms with van der Waals surface area (Å²) in [4.78, 5) is 4.27. The Balaban J connectivity index is 1.77. The highest BCUT2D eigenvalue weighted by molar-refractivity contribution is 9.10. The van der Waals surface area contributed by atoms with Crippen molar-refractivity contribution >= 4 is 27.4 Å². The molecule has 0 saturated heterocycles. The third-order valence-electron chi connectivity index (χ3n) is 3.35. The van der Waals surface area contributed by atoms with Crippen LogP contribution in [0, 0.1) is 6.92 Å². The molecule has 100 valence electrons. The van der Waals surface area contributed by atoms with Gasteiger partial charge in [-0.3, -0.25) is 0 Å². The summed E-state index contributed by atoms with van der Waals surface area (Å²) in [6.07, 6.45) is 7.19. The van der Waals surface area contributed by atoms with Crippen molar-refractivity contribution in [3.05, 3.63) is 16.2 Å². The number of ether oxygens (including phenoxy) is 1. The Morgan fingerprint density at radius 2 is 2.22 bits per heavy atom. The number of halogens is 1. The van der Waals surface area contributed by atoms with E-state index in [1.807, 2.05) is 6.92 Å². The largest absolute Gasteiger partial charge is 0.397 e. The quantitative estimate of drug-likeness (QED) is 0.820. The lowest BCUT2D eigenvalue weighted by Crippen LogP contribution is -2.16. The van der Waals surface area contributed by atoms with Crippen LogP contribution in [0.25, 0.3) is 0 Å². The molecule has 2 rings (SSSR count). The zero-order chi connectivity index (χ0) is 13.0. The molecule has 0 atom stereocenters. The molecule has 1 heterocycles. The smallest absolute Gasteiger partial charge is 0.140 e. The van der Waals surface area contributed by atoms with Gasteiger partial charge in [-0.05, 0) is 41.3 Å². The maximum Gasteiger partial charge on any atom is 0.140 e. The lowest BCUT2D eigenvalue weighted by molar-refractivity contribution is 0.0658. The van der Waals surface area contributed by atoms with Gasteiger partial charge in [-0.25, -0.2) is 4.98 Å². The number of nitrogen functional groups attached to an aromatic ring is 1. The monoisotopic (exact) mass is 313 g/mol. The van der Waals surface area contributed by atoms with E-state index in [0.717, 1.165) is 29.0 Å². The third-order valence-corrected chi connectivity index (χ3v) is 4.32. The predicted octanol–water partition coefficient (Wildman–Crippen LogP) is 3.11. The van der Waals surface area contributed by atoms with Gasteiger partial charge in [0, 0.05) is 6.54 Å². The molecule has 0 bridgehead atoms. The Kier molecular flexibility index (Phi) is 4.83. The van der Waals surface area contributed by atoms with E-state index in [-0.39, 0.29) is 0 Å². The molecule has 1 saturated carbocycles.